The number of rotatable bonds is 5. The number of amides is 1. The zero-order valence-corrected chi connectivity index (χ0v) is 12.9. The summed E-state index contributed by atoms with van der Waals surface area (Å²) in [6.07, 6.45) is 2.06. The van der Waals surface area contributed by atoms with Crippen molar-refractivity contribution in [1.82, 2.24) is 9.88 Å². The van der Waals surface area contributed by atoms with Crippen molar-refractivity contribution in [3.8, 4) is 0 Å². The topological polar surface area (TPSA) is 71.7 Å². The number of thiazole rings is 1. The van der Waals surface area contributed by atoms with E-state index in [1.54, 1.807) is 4.90 Å². The van der Waals surface area contributed by atoms with Gasteiger partial charge in [0.2, 0.25) is 0 Å². The number of nitrogen functional groups attached to an aromatic ring is 1. The summed E-state index contributed by atoms with van der Waals surface area (Å²) in [5.74, 6) is 0.304. The van der Waals surface area contributed by atoms with Crippen molar-refractivity contribution >= 4 is 28.2 Å². The Morgan fingerprint density at radius 1 is 1.50 bits per heavy atom. The van der Waals surface area contributed by atoms with Crippen LogP contribution in [0.4, 0.5) is 10.9 Å². The van der Waals surface area contributed by atoms with Crippen molar-refractivity contribution in [2.24, 2.45) is 0 Å². The van der Waals surface area contributed by atoms with Crippen molar-refractivity contribution in [3.63, 3.8) is 0 Å². The molecule has 0 aliphatic carbocycles. The molecule has 7 heteroatoms. The predicted molar refractivity (Wildman–Crippen MR) is 81.4 cm³/mol. The molecule has 0 saturated carbocycles. The SMILES string of the molecule is CCCCN(C)C(=O)c1sc(N2CCOCC2)nc1N. The molecular formula is C13H22N4O2S. The molecule has 1 aromatic heterocycles. The maximum Gasteiger partial charge on any atom is 0.267 e. The molecule has 0 spiro atoms. The van der Waals surface area contributed by atoms with Gasteiger partial charge in [-0.3, -0.25) is 4.79 Å². The third-order valence-corrected chi connectivity index (χ3v) is 4.43. The third-order valence-electron chi connectivity index (χ3n) is 3.31. The Morgan fingerprint density at radius 3 is 2.85 bits per heavy atom. The van der Waals surface area contributed by atoms with Gasteiger partial charge < -0.3 is 20.3 Å². The van der Waals surface area contributed by atoms with Crippen LogP contribution in [-0.2, 0) is 4.74 Å². The monoisotopic (exact) mass is 298 g/mol. The van der Waals surface area contributed by atoms with Crippen molar-refractivity contribution in [3.05, 3.63) is 4.88 Å². The number of unbranched alkanes of at least 4 members (excludes halogenated alkanes) is 1. The van der Waals surface area contributed by atoms with Crippen molar-refractivity contribution in [2.75, 3.05) is 50.5 Å². The molecule has 20 heavy (non-hydrogen) atoms. The summed E-state index contributed by atoms with van der Waals surface area (Å²) < 4.78 is 5.32. The molecule has 1 aromatic rings. The molecular weight excluding hydrogens is 276 g/mol. The number of ether oxygens (including phenoxy) is 1. The molecule has 0 atom stereocenters. The first-order valence-corrected chi connectivity index (χ1v) is 7.79. The molecule has 2 rings (SSSR count). The van der Waals surface area contributed by atoms with Crippen LogP contribution in [0.2, 0.25) is 0 Å². The largest absolute Gasteiger partial charge is 0.382 e. The van der Waals surface area contributed by atoms with Gasteiger partial charge in [0.05, 0.1) is 13.2 Å². The Balaban J connectivity index is 2.08. The second-order valence-electron chi connectivity index (χ2n) is 4.89. The fraction of sp³-hybridized carbons (Fsp3) is 0.692. The molecule has 2 N–H and O–H groups in total. The number of carbonyl (C=O) groups is 1. The number of hydrogen-bond acceptors (Lipinski definition) is 6. The highest BCUT2D eigenvalue weighted by Crippen LogP contribution is 2.29. The maximum absolute atomic E-state index is 12.3. The van der Waals surface area contributed by atoms with Crippen LogP contribution in [-0.4, -0.2) is 55.7 Å². The van der Waals surface area contributed by atoms with Gasteiger partial charge in [-0.25, -0.2) is 4.98 Å². The predicted octanol–water partition coefficient (Wildman–Crippen LogP) is 1.43. The molecule has 1 aliphatic heterocycles. The summed E-state index contributed by atoms with van der Waals surface area (Å²) in [5.41, 5.74) is 5.91. The van der Waals surface area contributed by atoms with Gasteiger partial charge in [-0.05, 0) is 6.42 Å². The normalized spacial score (nSPS) is 15.4. The summed E-state index contributed by atoms with van der Waals surface area (Å²) in [7, 11) is 1.81. The second kappa shape index (κ2) is 6.90. The standard InChI is InChI=1S/C13H22N4O2S/c1-3-4-5-16(2)12(18)10-11(14)15-13(20-10)17-6-8-19-9-7-17/h3-9,14H2,1-2H3. The number of aromatic nitrogens is 1. The zero-order valence-electron chi connectivity index (χ0n) is 12.1. The van der Waals surface area contributed by atoms with Gasteiger partial charge in [0, 0.05) is 26.7 Å². The molecule has 0 aromatic carbocycles. The van der Waals surface area contributed by atoms with E-state index >= 15 is 0 Å². The van der Waals surface area contributed by atoms with E-state index in [1.165, 1.54) is 11.3 Å². The number of carbonyl (C=O) groups excluding carboxylic acids is 1. The van der Waals surface area contributed by atoms with E-state index in [4.69, 9.17) is 10.5 Å². The Morgan fingerprint density at radius 2 is 2.20 bits per heavy atom. The van der Waals surface area contributed by atoms with E-state index in [1.807, 2.05) is 7.05 Å². The van der Waals surface area contributed by atoms with Crippen molar-refractivity contribution in [2.45, 2.75) is 19.8 Å². The van der Waals surface area contributed by atoms with Gasteiger partial charge in [-0.1, -0.05) is 24.7 Å². The molecule has 0 radical (unpaired) electrons. The molecule has 112 valence electrons. The quantitative estimate of drug-likeness (QED) is 0.890. The number of nitrogens with zero attached hydrogens (tertiary/aromatic N) is 3. The molecule has 6 nitrogen and oxygen atoms in total. The minimum Gasteiger partial charge on any atom is -0.382 e. The maximum atomic E-state index is 12.3. The van der Waals surface area contributed by atoms with Gasteiger partial charge in [-0.15, -0.1) is 0 Å². The molecule has 0 unspecified atom stereocenters. The van der Waals surface area contributed by atoms with E-state index in [0.29, 0.717) is 23.9 Å². The fourth-order valence-electron chi connectivity index (χ4n) is 2.03. The summed E-state index contributed by atoms with van der Waals surface area (Å²) >= 11 is 1.38. The third kappa shape index (κ3) is 3.40. The van der Waals surface area contributed by atoms with Gasteiger partial charge in [0.25, 0.3) is 5.91 Å². The highest BCUT2D eigenvalue weighted by molar-refractivity contribution is 7.18. The number of hydrogen-bond donors (Lipinski definition) is 1. The Kier molecular flexibility index (Phi) is 5.19. The van der Waals surface area contributed by atoms with E-state index in [0.717, 1.165) is 37.6 Å². The first kappa shape index (κ1) is 15.1. The molecule has 1 fully saturated rings. The summed E-state index contributed by atoms with van der Waals surface area (Å²) in [5, 5.41) is 0.818. The van der Waals surface area contributed by atoms with Crippen LogP contribution in [0, 0.1) is 0 Å². The van der Waals surface area contributed by atoms with Crippen LogP contribution in [0.25, 0.3) is 0 Å². The molecule has 1 aliphatic rings. The van der Waals surface area contributed by atoms with Crippen LogP contribution >= 0.6 is 11.3 Å². The molecule has 0 bridgehead atoms. The van der Waals surface area contributed by atoms with Gasteiger partial charge in [0.15, 0.2) is 5.13 Å². The molecule has 1 amide bonds. The lowest BCUT2D eigenvalue weighted by Crippen LogP contribution is -2.36. The zero-order chi connectivity index (χ0) is 14.5. The van der Waals surface area contributed by atoms with Gasteiger partial charge in [-0.2, -0.15) is 0 Å². The van der Waals surface area contributed by atoms with Crippen LogP contribution in [0.3, 0.4) is 0 Å². The van der Waals surface area contributed by atoms with E-state index in [2.05, 4.69) is 16.8 Å². The minimum absolute atomic E-state index is 0.0343. The highest BCUT2D eigenvalue weighted by Gasteiger charge is 2.22. The molecule has 1 saturated heterocycles. The van der Waals surface area contributed by atoms with Gasteiger partial charge in [0.1, 0.15) is 10.7 Å². The number of nitrogens with two attached hydrogens (primary N) is 1. The Hall–Kier alpha value is -1.34. The smallest absolute Gasteiger partial charge is 0.267 e. The minimum atomic E-state index is -0.0343. The van der Waals surface area contributed by atoms with Crippen LogP contribution in [0.5, 0.6) is 0 Å². The summed E-state index contributed by atoms with van der Waals surface area (Å²) in [6, 6.07) is 0. The van der Waals surface area contributed by atoms with Gasteiger partial charge >= 0.3 is 0 Å². The average Bonchev–Trinajstić information content (AvgIpc) is 2.87. The average molecular weight is 298 g/mol. The van der Waals surface area contributed by atoms with E-state index in [9.17, 15) is 4.79 Å². The first-order chi connectivity index (χ1) is 9.63. The fourth-order valence-corrected chi connectivity index (χ4v) is 3.07. The number of morpholine rings is 1. The highest BCUT2D eigenvalue weighted by atomic mass is 32.1. The lowest BCUT2D eigenvalue weighted by molar-refractivity contribution is 0.0799. The summed E-state index contributed by atoms with van der Waals surface area (Å²) in [4.78, 5) is 21.1. The lowest BCUT2D eigenvalue weighted by Gasteiger charge is -2.25. The summed E-state index contributed by atoms with van der Waals surface area (Å²) in [6.45, 7) is 5.84. The Bertz CT molecular complexity index is 457. The van der Waals surface area contributed by atoms with Crippen molar-refractivity contribution < 1.29 is 9.53 Å². The molecule has 2 heterocycles. The van der Waals surface area contributed by atoms with E-state index in [-0.39, 0.29) is 5.91 Å². The van der Waals surface area contributed by atoms with Crippen LogP contribution < -0.4 is 10.6 Å². The van der Waals surface area contributed by atoms with Crippen molar-refractivity contribution in [1.29, 1.82) is 0 Å². The second-order valence-corrected chi connectivity index (χ2v) is 5.87. The Labute approximate surface area is 123 Å². The van der Waals surface area contributed by atoms with Crippen LogP contribution in [0.1, 0.15) is 29.4 Å². The lowest BCUT2D eigenvalue weighted by atomic mass is 10.3. The van der Waals surface area contributed by atoms with E-state index < -0.39 is 0 Å². The van der Waals surface area contributed by atoms with Crippen LogP contribution in [0.15, 0.2) is 0 Å². The first-order valence-electron chi connectivity index (χ1n) is 6.98. The number of anilines is 2.